The predicted molar refractivity (Wildman–Crippen MR) is 205 cm³/mol. The second kappa shape index (κ2) is 23.8. The van der Waals surface area contributed by atoms with E-state index in [4.69, 9.17) is 14.0 Å². The van der Waals surface area contributed by atoms with Crippen LogP contribution >= 0.6 is 0 Å². The molecule has 0 atom stereocenters. The van der Waals surface area contributed by atoms with Crippen LogP contribution in [0, 0.1) is 0 Å². The number of benzene rings is 4. The number of aromatic hydroxyl groups is 1. The van der Waals surface area contributed by atoms with Crippen molar-refractivity contribution in [3.8, 4) is 34.5 Å². The summed E-state index contributed by atoms with van der Waals surface area (Å²) in [5.74, 6) is 0.219. The summed E-state index contributed by atoms with van der Waals surface area (Å²) in [6.07, 6.45) is 17.2. The van der Waals surface area contributed by atoms with Crippen LogP contribution in [0.2, 0.25) is 0 Å². The fourth-order valence-corrected chi connectivity index (χ4v) is 6.58. The molecule has 0 fully saturated rings. The van der Waals surface area contributed by atoms with E-state index in [1.54, 1.807) is 0 Å². The van der Waals surface area contributed by atoms with Crippen molar-refractivity contribution in [1.29, 1.82) is 0 Å². The quantitative estimate of drug-likeness (QED) is 0.0499. The van der Waals surface area contributed by atoms with Crippen LogP contribution in [-0.2, 0) is 33.1 Å². The van der Waals surface area contributed by atoms with Gasteiger partial charge >= 0.3 is 37.7 Å². The largest absolute Gasteiger partial charge is 2.00 e. The van der Waals surface area contributed by atoms with Gasteiger partial charge < -0.3 is 24.2 Å². The van der Waals surface area contributed by atoms with Gasteiger partial charge in [0.15, 0.2) is 0 Å². The average Bonchev–Trinajstić information content (AvgIpc) is 3.08. The first-order valence-electron chi connectivity index (χ1n) is 17.9. The summed E-state index contributed by atoms with van der Waals surface area (Å²) in [7, 11) is -9.21. The van der Waals surface area contributed by atoms with Gasteiger partial charge in [-0.15, -0.1) is 0 Å². The van der Waals surface area contributed by atoms with Crippen LogP contribution in [0.25, 0.3) is 0 Å². The Morgan fingerprint density at radius 1 is 0.547 bits per heavy atom. The van der Waals surface area contributed by atoms with Crippen LogP contribution in [0.1, 0.15) is 102 Å². The van der Waals surface area contributed by atoms with Gasteiger partial charge in [-0.25, -0.2) is 8.42 Å². The van der Waals surface area contributed by atoms with Crippen molar-refractivity contribution in [2.45, 2.75) is 114 Å². The maximum Gasteiger partial charge on any atom is 2.00 e. The number of unbranched alkanes of at least 4 members (excludes halogenated alkanes) is 10. The smallest absolute Gasteiger partial charge is 0.872 e. The van der Waals surface area contributed by atoms with Crippen LogP contribution in [0.5, 0.6) is 34.5 Å². The zero-order chi connectivity index (χ0) is 38.0. The standard InChI is InChI=1S/2C20H26O5S.Ca/c2*1-2-3-4-5-6-7-8-16-9-11-17(12-10-16)25-18-13-14-20(19(21)15-18)26(22,23)24;/h2*9-15,21H,2-8H2,1H3,(H,22,23,24);/q;;+2/p-2. The van der Waals surface area contributed by atoms with Crippen molar-refractivity contribution in [2.75, 3.05) is 0 Å². The molecular weight excluding hydrogens is 745 g/mol. The minimum atomic E-state index is -4.76. The number of hydrogen-bond acceptors (Lipinski definition) is 9. The van der Waals surface area contributed by atoms with E-state index in [0.29, 0.717) is 17.2 Å². The molecule has 0 aromatic heterocycles. The molecule has 0 aliphatic heterocycles. The zero-order valence-corrected chi connectivity index (χ0v) is 34.5. The number of hydrogen-bond donors (Lipinski definition) is 2. The minimum absolute atomic E-state index is 0. The molecule has 10 nitrogen and oxygen atoms in total. The first-order chi connectivity index (χ1) is 24.8. The van der Waals surface area contributed by atoms with Crippen LogP contribution in [0.15, 0.2) is 94.7 Å². The summed E-state index contributed by atoms with van der Waals surface area (Å²) in [5, 5.41) is 21.4. The summed E-state index contributed by atoms with van der Waals surface area (Å²) in [4.78, 5) is -1.31. The molecule has 0 saturated heterocycles. The second-order valence-electron chi connectivity index (χ2n) is 12.7. The Morgan fingerprint density at radius 2 is 0.925 bits per heavy atom. The topological polar surface area (TPSA) is 173 Å². The van der Waals surface area contributed by atoms with E-state index in [9.17, 15) is 31.6 Å². The van der Waals surface area contributed by atoms with E-state index in [-0.39, 0.29) is 43.5 Å². The number of aryl methyl sites for hydroxylation is 2. The third-order valence-electron chi connectivity index (χ3n) is 8.35. The van der Waals surface area contributed by atoms with Crippen LogP contribution in [0.4, 0.5) is 0 Å². The van der Waals surface area contributed by atoms with E-state index >= 15 is 0 Å². The van der Waals surface area contributed by atoms with Gasteiger partial charge in [-0.1, -0.05) is 108 Å². The molecule has 2 N–H and O–H groups in total. The van der Waals surface area contributed by atoms with E-state index in [2.05, 4.69) is 13.8 Å². The molecule has 4 aromatic rings. The molecule has 0 saturated carbocycles. The molecule has 0 amide bonds. The number of ether oxygens (including phenoxy) is 2. The summed E-state index contributed by atoms with van der Waals surface area (Å²) in [6, 6.07) is 22.2. The fraction of sp³-hybridized carbons (Fsp3) is 0.400. The van der Waals surface area contributed by atoms with Gasteiger partial charge in [-0.3, -0.25) is 4.55 Å². The van der Waals surface area contributed by atoms with Crippen molar-refractivity contribution in [3.05, 3.63) is 96.1 Å². The Balaban J connectivity index is 0.000000360. The molecule has 0 radical (unpaired) electrons. The number of phenols is 1. The molecule has 4 aromatic carbocycles. The van der Waals surface area contributed by atoms with Crippen LogP contribution in [-0.4, -0.2) is 68.8 Å². The van der Waals surface area contributed by atoms with Crippen molar-refractivity contribution in [3.63, 3.8) is 0 Å². The van der Waals surface area contributed by atoms with Gasteiger partial charge in [0.2, 0.25) is 0 Å². The molecule has 0 unspecified atom stereocenters. The number of phenolic OH excluding ortho intramolecular Hbond substituents is 1. The first-order valence-corrected chi connectivity index (χ1v) is 20.8. The molecule has 0 spiro atoms. The molecule has 4 rings (SSSR count). The van der Waals surface area contributed by atoms with Gasteiger partial charge in [0, 0.05) is 11.0 Å². The van der Waals surface area contributed by atoms with Crippen LogP contribution in [0.3, 0.4) is 0 Å². The minimum Gasteiger partial charge on any atom is -0.872 e. The van der Waals surface area contributed by atoms with Gasteiger partial charge in [0.1, 0.15) is 43.8 Å². The molecule has 284 valence electrons. The Hall–Kier alpha value is -2.84. The Morgan fingerprint density at radius 3 is 1.30 bits per heavy atom. The van der Waals surface area contributed by atoms with Gasteiger partial charge in [0.25, 0.3) is 10.1 Å². The van der Waals surface area contributed by atoms with Crippen molar-refractivity contribution >= 4 is 58.0 Å². The molecule has 0 bridgehead atoms. The van der Waals surface area contributed by atoms with Crippen molar-refractivity contribution in [2.24, 2.45) is 0 Å². The third kappa shape index (κ3) is 17.4. The predicted octanol–water partition coefficient (Wildman–Crippen LogP) is 9.31. The van der Waals surface area contributed by atoms with Crippen LogP contribution < -0.4 is 14.6 Å². The normalized spacial score (nSPS) is 11.2. The third-order valence-corrected chi connectivity index (χ3v) is 10.1. The van der Waals surface area contributed by atoms with E-state index < -0.39 is 41.5 Å². The average molecular weight is 795 g/mol. The van der Waals surface area contributed by atoms with Gasteiger partial charge in [-0.2, -0.15) is 8.42 Å². The molecule has 53 heavy (non-hydrogen) atoms. The second-order valence-corrected chi connectivity index (χ2v) is 15.4. The molecule has 13 heteroatoms. The zero-order valence-electron chi connectivity index (χ0n) is 30.7. The van der Waals surface area contributed by atoms with Gasteiger partial charge in [-0.05, 0) is 91.4 Å². The fourth-order valence-electron chi connectivity index (χ4n) is 5.48. The Labute approximate surface area is 345 Å². The van der Waals surface area contributed by atoms with Crippen molar-refractivity contribution in [1.82, 2.24) is 0 Å². The maximum atomic E-state index is 11.7. The summed E-state index contributed by atoms with van der Waals surface area (Å²) in [6.45, 7) is 4.43. The number of rotatable bonds is 20. The van der Waals surface area contributed by atoms with E-state index in [0.717, 1.165) is 43.5 Å². The molecule has 0 heterocycles. The van der Waals surface area contributed by atoms with E-state index in [1.165, 1.54) is 93.9 Å². The molecule has 0 aliphatic carbocycles. The monoisotopic (exact) mass is 794 g/mol. The Kier molecular flexibility index (Phi) is 20.8. The molecular formula is C40H50CaO10S2. The van der Waals surface area contributed by atoms with Crippen molar-refractivity contribution < 1.29 is 45.6 Å². The molecule has 0 aliphatic rings. The Bertz CT molecular complexity index is 1740. The summed E-state index contributed by atoms with van der Waals surface area (Å²) < 4.78 is 75.1. The summed E-state index contributed by atoms with van der Waals surface area (Å²) in [5.41, 5.74) is 2.47. The van der Waals surface area contributed by atoms with Gasteiger partial charge in [0.05, 0.1) is 0 Å². The summed E-state index contributed by atoms with van der Waals surface area (Å²) >= 11 is 0. The maximum absolute atomic E-state index is 11.7. The van der Waals surface area contributed by atoms with E-state index in [1.807, 2.05) is 48.5 Å². The SMILES string of the molecule is CCCCCCCCc1ccc(Oc2ccc(S(=O)(=O)O)c(O)c2)cc1.CCCCCCCCc1ccc(Oc2ccc(S(=O)(=O)[O-])c([O-])c2)cc1.[Ca+2]. The first kappa shape index (κ1) is 46.3.